The Balaban J connectivity index is 1.78. The molecular formula is C16H26N2O4. The number of aliphatic carboxylic acids is 1. The van der Waals surface area contributed by atoms with Gasteiger partial charge in [-0.3, -0.25) is 4.79 Å². The van der Waals surface area contributed by atoms with Gasteiger partial charge in [0.25, 0.3) is 0 Å². The third-order valence-corrected chi connectivity index (χ3v) is 5.81. The van der Waals surface area contributed by atoms with Crippen molar-refractivity contribution in [1.29, 1.82) is 0 Å². The van der Waals surface area contributed by atoms with Gasteiger partial charge < -0.3 is 19.6 Å². The first-order valence-corrected chi connectivity index (χ1v) is 8.40. The highest BCUT2D eigenvalue weighted by Crippen LogP contribution is 2.46. The van der Waals surface area contributed by atoms with Crippen molar-refractivity contribution in [2.45, 2.75) is 57.1 Å². The standard InChI is InChI=1S/C16H26N2O4/c1-22-12-6-10-17(11-12)15(21)18-9-4-8-16(14(19)20)7-3-2-5-13(16)18/h12-13H,2-11H2,1H3,(H,19,20)/t12-,13+,16+/m0/s1. The number of hydrogen-bond acceptors (Lipinski definition) is 3. The van der Waals surface area contributed by atoms with E-state index < -0.39 is 11.4 Å². The molecule has 0 spiro atoms. The summed E-state index contributed by atoms with van der Waals surface area (Å²) in [6.07, 6.45) is 5.98. The summed E-state index contributed by atoms with van der Waals surface area (Å²) in [5, 5.41) is 9.80. The summed E-state index contributed by atoms with van der Waals surface area (Å²) in [6.45, 7) is 2.02. The van der Waals surface area contributed by atoms with Crippen LogP contribution in [0.5, 0.6) is 0 Å². The number of fused-ring (bicyclic) bond motifs is 1. The fourth-order valence-electron chi connectivity index (χ4n) is 4.55. The molecular weight excluding hydrogens is 284 g/mol. The molecule has 0 aromatic carbocycles. The van der Waals surface area contributed by atoms with Gasteiger partial charge in [0.15, 0.2) is 0 Å². The van der Waals surface area contributed by atoms with Crippen molar-refractivity contribution in [3.05, 3.63) is 0 Å². The van der Waals surface area contributed by atoms with Crippen molar-refractivity contribution in [3.8, 4) is 0 Å². The van der Waals surface area contributed by atoms with Crippen LogP contribution < -0.4 is 0 Å². The van der Waals surface area contributed by atoms with E-state index in [0.717, 1.165) is 32.1 Å². The number of urea groups is 1. The highest BCUT2D eigenvalue weighted by molar-refractivity contribution is 5.80. The fraction of sp³-hybridized carbons (Fsp3) is 0.875. The molecule has 0 radical (unpaired) electrons. The van der Waals surface area contributed by atoms with E-state index in [1.54, 1.807) is 7.11 Å². The van der Waals surface area contributed by atoms with Gasteiger partial charge >= 0.3 is 12.0 Å². The number of carbonyl (C=O) groups is 2. The topological polar surface area (TPSA) is 70.1 Å². The lowest BCUT2D eigenvalue weighted by Crippen LogP contribution is -2.61. The van der Waals surface area contributed by atoms with E-state index in [-0.39, 0.29) is 18.2 Å². The molecule has 0 unspecified atom stereocenters. The molecule has 124 valence electrons. The molecule has 22 heavy (non-hydrogen) atoms. The van der Waals surface area contributed by atoms with E-state index in [2.05, 4.69) is 0 Å². The zero-order valence-electron chi connectivity index (χ0n) is 13.3. The van der Waals surface area contributed by atoms with Gasteiger partial charge in [-0.05, 0) is 32.1 Å². The molecule has 0 bridgehead atoms. The monoisotopic (exact) mass is 310 g/mol. The maximum absolute atomic E-state index is 12.9. The second-order valence-corrected chi connectivity index (χ2v) is 6.89. The van der Waals surface area contributed by atoms with Gasteiger partial charge in [-0.1, -0.05) is 12.8 Å². The van der Waals surface area contributed by atoms with Crippen LogP contribution in [-0.4, -0.2) is 65.8 Å². The first-order chi connectivity index (χ1) is 10.6. The normalized spacial score (nSPS) is 35.3. The van der Waals surface area contributed by atoms with Crippen LogP contribution in [0.25, 0.3) is 0 Å². The number of ether oxygens (including phenoxy) is 1. The second-order valence-electron chi connectivity index (χ2n) is 6.89. The molecule has 2 heterocycles. The first kappa shape index (κ1) is 15.6. The van der Waals surface area contributed by atoms with Crippen molar-refractivity contribution in [1.82, 2.24) is 9.80 Å². The SMILES string of the molecule is CO[C@H]1CCN(C(=O)N2CCC[C@]3(C(=O)O)CCCC[C@@H]23)C1. The molecule has 3 aliphatic rings. The van der Waals surface area contributed by atoms with Gasteiger partial charge in [0, 0.05) is 32.8 Å². The molecule has 1 saturated carbocycles. The van der Waals surface area contributed by atoms with Crippen molar-refractivity contribution in [3.63, 3.8) is 0 Å². The van der Waals surface area contributed by atoms with Crippen LogP contribution in [0.15, 0.2) is 0 Å². The van der Waals surface area contributed by atoms with E-state index in [9.17, 15) is 14.7 Å². The Morgan fingerprint density at radius 1 is 1.14 bits per heavy atom. The van der Waals surface area contributed by atoms with Crippen molar-refractivity contribution in [2.75, 3.05) is 26.7 Å². The molecule has 2 amide bonds. The number of methoxy groups -OCH3 is 1. The Labute approximate surface area is 131 Å². The predicted octanol–water partition coefficient (Wildman–Crippen LogP) is 1.94. The lowest BCUT2D eigenvalue weighted by Gasteiger charge is -2.50. The maximum Gasteiger partial charge on any atom is 0.320 e. The number of amides is 2. The van der Waals surface area contributed by atoms with Crippen LogP contribution in [0.3, 0.4) is 0 Å². The number of nitrogens with zero attached hydrogens (tertiary/aromatic N) is 2. The quantitative estimate of drug-likeness (QED) is 0.846. The molecule has 6 nitrogen and oxygen atoms in total. The number of likely N-dealkylation sites (tertiary alicyclic amines) is 2. The summed E-state index contributed by atoms with van der Waals surface area (Å²) in [4.78, 5) is 28.5. The summed E-state index contributed by atoms with van der Waals surface area (Å²) >= 11 is 0. The number of carbonyl (C=O) groups excluding carboxylic acids is 1. The molecule has 1 aliphatic carbocycles. The average Bonchev–Trinajstić information content (AvgIpc) is 3.02. The van der Waals surface area contributed by atoms with Gasteiger partial charge in [0.1, 0.15) is 0 Å². The Morgan fingerprint density at radius 2 is 1.91 bits per heavy atom. The maximum atomic E-state index is 12.9. The number of carboxylic acid groups (broad SMARTS) is 1. The van der Waals surface area contributed by atoms with Gasteiger partial charge in [-0.2, -0.15) is 0 Å². The molecule has 1 N–H and O–H groups in total. The average molecular weight is 310 g/mol. The molecule has 3 fully saturated rings. The van der Waals surface area contributed by atoms with Gasteiger partial charge in [-0.25, -0.2) is 4.79 Å². The van der Waals surface area contributed by atoms with E-state index in [0.29, 0.717) is 32.5 Å². The zero-order chi connectivity index (χ0) is 15.7. The minimum atomic E-state index is -0.717. The second kappa shape index (κ2) is 6.07. The number of hydrogen-bond donors (Lipinski definition) is 1. The summed E-state index contributed by atoms with van der Waals surface area (Å²) in [7, 11) is 1.68. The van der Waals surface area contributed by atoms with Crippen LogP contribution in [0.4, 0.5) is 4.79 Å². The molecule has 2 aliphatic heterocycles. The van der Waals surface area contributed by atoms with E-state index in [1.807, 2.05) is 9.80 Å². The summed E-state index contributed by atoms with van der Waals surface area (Å²) in [5.74, 6) is -0.717. The fourth-order valence-corrected chi connectivity index (χ4v) is 4.55. The highest BCUT2D eigenvalue weighted by Gasteiger charge is 2.53. The van der Waals surface area contributed by atoms with Gasteiger partial charge in [0.2, 0.25) is 0 Å². The molecule has 0 aromatic heterocycles. The number of carboxylic acids is 1. The van der Waals surface area contributed by atoms with Gasteiger partial charge in [0.05, 0.1) is 11.5 Å². The third kappa shape index (κ3) is 2.47. The largest absolute Gasteiger partial charge is 0.481 e. The van der Waals surface area contributed by atoms with Gasteiger partial charge in [-0.15, -0.1) is 0 Å². The minimum Gasteiger partial charge on any atom is -0.481 e. The lowest BCUT2D eigenvalue weighted by molar-refractivity contribution is -0.159. The molecule has 6 heteroatoms. The highest BCUT2D eigenvalue weighted by atomic mass is 16.5. The number of rotatable bonds is 2. The van der Waals surface area contributed by atoms with Crippen molar-refractivity contribution in [2.24, 2.45) is 5.41 Å². The van der Waals surface area contributed by atoms with Crippen LogP contribution in [0.2, 0.25) is 0 Å². The van der Waals surface area contributed by atoms with Crippen molar-refractivity contribution >= 4 is 12.0 Å². The summed E-state index contributed by atoms with van der Waals surface area (Å²) in [6, 6.07) is -0.127. The van der Waals surface area contributed by atoms with E-state index >= 15 is 0 Å². The molecule has 2 saturated heterocycles. The molecule has 3 atom stereocenters. The van der Waals surface area contributed by atoms with Crippen LogP contribution in [0.1, 0.15) is 44.9 Å². The van der Waals surface area contributed by atoms with E-state index in [1.165, 1.54) is 0 Å². The smallest absolute Gasteiger partial charge is 0.320 e. The van der Waals surface area contributed by atoms with Crippen molar-refractivity contribution < 1.29 is 19.4 Å². The van der Waals surface area contributed by atoms with Crippen LogP contribution >= 0.6 is 0 Å². The molecule has 0 aromatic rings. The summed E-state index contributed by atoms with van der Waals surface area (Å²) in [5.41, 5.74) is -0.716. The zero-order valence-corrected chi connectivity index (χ0v) is 13.3. The van der Waals surface area contributed by atoms with E-state index in [4.69, 9.17) is 4.74 Å². The Morgan fingerprint density at radius 3 is 2.59 bits per heavy atom. The van der Waals surface area contributed by atoms with Crippen LogP contribution in [-0.2, 0) is 9.53 Å². The number of piperidine rings is 1. The minimum absolute atomic E-state index is 0.0109. The third-order valence-electron chi connectivity index (χ3n) is 5.81. The predicted molar refractivity (Wildman–Crippen MR) is 80.6 cm³/mol. The Bertz CT molecular complexity index is 451. The first-order valence-electron chi connectivity index (χ1n) is 8.40. The Kier molecular flexibility index (Phi) is 4.30. The van der Waals surface area contributed by atoms with Crippen LogP contribution in [0, 0.1) is 5.41 Å². The summed E-state index contributed by atoms with van der Waals surface area (Å²) < 4.78 is 5.34. The molecule has 3 rings (SSSR count). The lowest BCUT2D eigenvalue weighted by atomic mass is 9.65. The Hall–Kier alpha value is -1.30.